The average Bonchev–Trinajstić information content (AvgIpc) is 2.76. The summed E-state index contributed by atoms with van der Waals surface area (Å²) in [6.07, 6.45) is 0. The normalized spacial score (nSPS) is 13.1. The smallest absolute Gasteiger partial charge is 0.326 e. The molecule has 0 N–H and O–H groups in total. The molecule has 0 saturated heterocycles. The van der Waals surface area contributed by atoms with Gasteiger partial charge < -0.3 is 9.05 Å². The Morgan fingerprint density at radius 3 is 1.10 bits per heavy atom. The molecule has 212 valence electrons. The molecule has 3 aromatic rings. The zero-order valence-corrected chi connectivity index (χ0v) is 27.9. The SMILES string of the molecule is Cc1cc(OP(Oc2cc(C)c(C(C)(C)C)cc2C(C)(C)C)c2ccccc2)c(C(C)(C)C)cc1C(C)(C)C. The maximum Gasteiger partial charge on any atom is 0.326 e. The first-order chi connectivity index (χ1) is 17.7. The van der Waals surface area contributed by atoms with Crippen LogP contribution < -0.4 is 14.4 Å². The molecule has 3 aromatic carbocycles. The Balaban J connectivity index is 2.20. The van der Waals surface area contributed by atoms with E-state index in [2.05, 4.69) is 145 Å². The Kier molecular flexibility index (Phi) is 8.75. The van der Waals surface area contributed by atoms with E-state index in [0.717, 1.165) is 16.8 Å². The van der Waals surface area contributed by atoms with Crippen molar-refractivity contribution in [2.24, 2.45) is 0 Å². The summed E-state index contributed by atoms with van der Waals surface area (Å²) >= 11 is 0. The molecule has 0 amide bonds. The average molecular weight is 547 g/mol. The summed E-state index contributed by atoms with van der Waals surface area (Å²) in [7, 11) is -1.44. The van der Waals surface area contributed by atoms with Crippen molar-refractivity contribution < 1.29 is 9.05 Å². The van der Waals surface area contributed by atoms with E-state index in [9.17, 15) is 0 Å². The molecule has 0 aliphatic rings. The van der Waals surface area contributed by atoms with Crippen LogP contribution in [0.4, 0.5) is 0 Å². The molecule has 3 rings (SSSR count). The van der Waals surface area contributed by atoms with Crippen LogP contribution in [-0.2, 0) is 21.7 Å². The molecular weight excluding hydrogens is 495 g/mol. The topological polar surface area (TPSA) is 18.5 Å². The fraction of sp³-hybridized carbons (Fsp3) is 0.500. The molecule has 39 heavy (non-hydrogen) atoms. The van der Waals surface area contributed by atoms with E-state index in [-0.39, 0.29) is 21.7 Å². The fourth-order valence-corrected chi connectivity index (χ4v) is 6.48. The van der Waals surface area contributed by atoms with E-state index < -0.39 is 8.38 Å². The highest BCUT2D eigenvalue weighted by molar-refractivity contribution is 7.56. The highest BCUT2D eigenvalue weighted by Crippen LogP contribution is 2.48. The third-order valence-corrected chi connectivity index (χ3v) is 8.66. The van der Waals surface area contributed by atoms with Crippen LogP contribution in [0.5, 0.6) is 11.5 Å². The first-order valence-electron chi connectivity index (χ1n) is 14.2. The molecule has 2 nitrogen and oxygen atoms in total. The van der Waals surface area contributed by atoms with E-state index in [0.29, 0.717) is 0 Å². The predicted molar refractivity (Wildman–Crippen MR) is 171 cm³/mol. The molecule has 0 aliphatic carbocycles. The molecule has 0 fully saturated rings. The predicted octanol–water partition coefficient (Wildman–Crippen LogP) is 10.6. The van der Waals surface area contributed by atoms with Crippen LogP contribution in [0.25, 0.3) is 0 Å². The molecule has 0 heterocycles. The third-order valence-electron chi connectivity index (χ3n) is 7.21. The molecule has 3 heteroatoms. The van der Waals surface area contributed by atoms with Gasteiger partial charge in [-0.15, -0.1) is 0 Å². The van der Waals surface area contributed by atoms with E-state index >= 15 is 0 Å². The lowest BCUT2D eigenvalue weighted by Gasteiger charge is -2.32. The van der Waals surface area contributed by atoms with Gasteiger partial charge in [0.15, 0.2) is 0 Å². The summed E-state index contributed by atoms with van der Waals surface area (Å²) in [5.41, 5.74) is 7.56. The van der Waals surface area contributed by atoms with Crippen molar-refractivity contribution in [1.29, 1.82) is 0 Å². The minimum absolute atomic E-state index is 0.0528. The largest absolute Gasteiger partial charge is 0.435 e. The van der Waals surface area contributed by atoms with Crippen molar-refractivity contribution in [3.8, 4) is 11.5 Å². The summed E-state index contributed by atoms with van der Waals surface area (Å²) in [5.74, 6) is 1.81. The molecule has 0 spiro atoms. The van der Waals surface area contributed by atoms with Crippen molar-refractivity contribution in [2.75, 3.05) is 0 Å². The Labute approximate surface area is 240 Å². The standard InChI is InChI=1S/C36H51O2P/c1-24-20-31(29(35(9,10)11)22-27(24)33(3,4)5)37-39(26-18-16-15-17-19-26)38-32-21-25(2)28(34(6,7)8)23-30(32)36(12,13)14/h15-23H,1-14H3. The maximum atomic E-state index is 6.96. The highest BCUT2D eigenvalue weighted by Gasteiger charge is 2.30. The Morgan fingerprint density at radius 2 is 0.795 bits per heavy atom. The summed E-state index contributed by atoms with van der Waals surface area (Å²) in [6.45, 7) is 31.6. The van der Waals surface area contributed by atoms with E-state index in [1.54, 1.807) is 0 Å². The van der Waals surface area contributed by atoms with Gasteiger partial charge in [-0.3, -0.25) is 0 Å². The number of hydrogen-bond acceptors (Lipinski definition) is 2. The second-order valence-corrected chi connectivity index (χ2v) is 16.5. The summed E-state index contributed by atoms with van der Waals surface area (Å²) in [4.78, 5) is 0. The third kappa shape index (κ3) is 7.46. The lowest BCUT2D eigenvalue weighted by Crippen LogP contribution is -2.21. The van der Waals surface area contributed by atoms with Crippen molar-refractivity contribution in [3.05, 3.63) is 88.0 Å². The molecular formula is C36H51O2P. The van der Waals surface area contributed by atoms with Gasteiger partial charge >= 0.3 is 8.38 Å². The van der Waals surface area contributed by atoms with Crippen LogP contribution in [0.3, 0.4) is 0 Å². The number of hydrogen-bond donors (Lipinski definition) is 0. The number of aryl methyl sites for hydroxylation is 2. The zero-order valence-electron chi connectivity index (χ0n) is 27.0. The Bertz CT molecular complexity index is 1210. The number of benzene rings is 3. The molecule has 0 unspecified atom stereocenters. The van der Waals surface area contributed by atoms with Crippen LogP contribution >= 0.6 is 8.38 Å². The van der Waals surface area contributed by atoms with Gasteiger partial charge in [-0.25, -0.2) is 0 Å². The van der Waals surface area contributed by atoms with Gasteiger partial charge in [-0.2, -0.15) is 0 Å². The Hall–Kier alpha value is -2.31. The van der Waals surface area contributed by atoms with Gasteiger partial charge in [0.25, 0.3) is 0 Å². The first-order valence-corrected chi connectivity index (χ1v) is 15.4. The molecule has 0 aromatic heterocycles. The van der Waals surface area contributed by atoms with Crippen LogP contribution in [0.15, 0.2) is 54.6 Å². The Morgan fingerprint density at radius 1 is 0.462 bits per heavy atom. The quantitative estimate of drug-likeness (QED) is 0.296. The van der Waals surface area contributed by atoms with Crippen molar-refractivity contribution in [2.45, 2.75) is 119 Å². The van der Waals surface area contributed by atoms with Crippen LogP contribution in [0.1, 0.15) is 116 Å². The zero-order chi connectivity index (χ0) is 29.6. The van der Waals surface area contributed by atoms with E-state index in [4.69, 9.17) is 9.05 Å². The van der Waals surface area contributed by atoms with E-state index in [1.807, 2.05) is 6.07 Å². The minimum atomic E-state index is -1.44. The maximum absolute atomic E-state index is 6.96. The van der Waals surface area contributed by atoms with Crippen molar-refractivity contribution in [1.82, 2.24) is 0 Å². The molecule has 0 bridgehead atoms. The highest BCUT2D eigenvalue weighted by atomic mass is 31.2. The first kappa shape index (κ1) is 31.2. The molecule has 0 aliphatic heterocycles. The summed E-state index contributed by atoms with van der Waals surface area (Å²) < 4.78 is 13.9. The molecule has 0 atom stereocenters. The fourth-order valence-electron chi connectivity index (χ4n) is 5.15. The van der Waals surface area contributed by atoms with Gasteiger partial charge in [-0.05, 0) is 82.0 Å². The molecule has 0 radical (unpaired) electrons. The lowest BCUT2D eigenvalue weighted by molar-refractivity contribution is 0.465. The van der Waals surface area contributed by atoms with Gasteiger partial charge in [-0.1, -0.05) is 113 Å². The van der Waals surface area contributed by atoms with Crippen LogP contribution in [-0.4, -0.2) is 0 Å². The van der Waals surface area contributed by atoms with Gasteiger partial charge in [0.05, 0.1) is 5.30 Å². The molecule has 0 saturated carbocycles. The number of rotatable bonds is 5. The minimum Gasteiger partial charge on any atom is -0.435 e. The second-order valence-electron chi connectivity index (χ2n) is 15.1. The van der Waals surface area contributed by atoms with Crippen LogP contribution in [0.2, 0.25) is 0 Å². The van der Waals surface area contributed by atoms with E-state index in [1.165, 1.54) is 33.4 Å². The van der Waals surface area contributed by atoms with Crippen LogP contribution in [0, 0.1) is 13.8 Å². The summed E-state index contributed by atoms with van der Waals surface area (Å²) in [5, 5.41) is 1.06. The van der Waals surface area contributed by atoms with Crippen molar-refractivity contribution >= 4 is 13.7 Å². The second kappa shape index (κ2) is 10.9. The van der Waals surface area contributed by atoms with Gasteiger partial charge in [0.2, 0.25) is 0 Å². The summed E-state index contributed by atoms with van der Waals surface area (Å²) in [6, 6.07) is 19.6. The monoisotopic (exact) mass is 546 g/mol. The van der Waals surface area contributed by atoms with Gasteiger partial charge in [0, 0.05) is 11.1 Å². The lowest BCUT2D eigenvalue weighted by atomic mass is 9.78. The van der Waals surface area contributed by atoms with Gasteiger partial charge in [0.1, 0.15) is 11.5 Å². The van der Waals surface area contributed by atoms with Crippen molar-refractivity contribution in [3.63, 3.8) is 0 Å².